The number of halogens is 1. The number of Topliss-reactive ketones (excluding diaryl/α,β-unsaturated/α-hetero) is 2. The molecule has 5 aromatic carbocycles. The topological polar surface area (TPSA) is 34.1 Å². The van der Waals surface area contributed by atoms with E-state index >= 15 is 0 Å². The zero-order valence-corrected chi connectivity index (χ0v) is 22.3. The second kappa shape index (κ2) is 11.5. The van der Waals surface area contributed by atoms with Crippen LogP contribution in [0.25, 0.3) is 0 Å². The Labute approximate surface area is 232 Å². The second-order valence-corrected chi connectivity index (χ2v) is 10.0. The molecule has 0 bridgehead atoms. The Morgan fingerprint density at radius 2 is 0.895 bits per heavy atom. The van der Waals surface area contributed by atoms with E-state index in [-0.39, 0.29) is 18.0 Å². The number of hydrogen-bond donors (Lipinski definition) is 0. The van der Waals surface area contributed by atoms with E-state index in [0.717, 1.165) is 21.2 Å². The van der Waals surface area contributed by atoms with Crippen molar-refractivity contribution >= 4 is 27.5 Å². The first kappa shape index (κ1) is 25.6. The summed E-state index contributed by atoms with van der Waals surface area (Å²) >= 11 is 3.48. The molecule has 0 saturated carbocycles. The number of benzene rings is 5. The summed E-state index contributed by atoms with van der Waals surface area (Å²) in [4.78, 5) is 28.4. The third-order valence-corrected chi connectivity index (χ3v) is 7.42. The third-order valence-electron chi connectivity index (χ3n) is 6.89. The van der Waals surface area contributed by atoms with Gasteiger partial charge >= 0.3 is 0 Å². The van der Waals surface area contributed by atoms with Crippen molar-refractivity contribution in [3.63, 3.8) is 0 Å². The van der Waals surface area contributed by atoms with Crippen molar-refractivity contribution in [1.82, 2.24) is 0 Å². The van der Waals surface area contributed by atoms with Gasteiger partial charge in [-0.1, -0.05) is 149 Å². The van der Waals surface area contributed by atoms with Gasteiger partial charge in [0.2, 0.25) is 0 Å². The lowest BCUT2D eigenvalue weighted by Crippen LogP contribution is -2.42. The van der Waals surface area contributed by atoms with E-state index in [2.05, 4.69) is 15.9 Å². The van der Waals surface area contributed by atoms with Crippen LogP contribution in [0.1, 0.15) is 43.8 Å². The average molecular weight is 558 g/mol. The Morgan fingerprint density at radius 3 is 1.32 bits per heavy atom. The minimum absolute atomic E-state index is 0.0302. The molecule has 0 aliphatic heterocycles. The molecular formula is C35H26BrO2. The zero-order chi connectivity index (χ0) is 26.4. The van der Waals surface area contributed by atoms with Gasteiger partial charge in [0.25, 0.3) is 0 Å². The molecule has 1 radical (unpaired) electrons. The molecular weight excluding hydrogens is 532 g/mol. The average Bonchev–Trinajstić information content (AvgIpc) is 2.99. The molecule has 5 rings (SSSR count). The number of rotatable bonds is 9. The van der Waals surface area contributed by atoms with E-state index in [1.54, 1.807) is 12.1 Å². The maximum Gasteiger partial charge on any atom is 0.172 e. The van der Waals surface area contributed by atoms with Gasteiger partial charge in [0, 0.05) is 22.0 Å². The summed E-state index contributed by atoms with van der Waals surface area (Å²) in [7, 11) is 0. The summed E-state index contributed by atoms with van der Waals surface area (Å²) < 4.78 is 0.886. The van der Waals surface area contributed by atoms with Crippen molar-refractivity contribution in [1.29, 1.82) is 0 Å². The van der Waals surface area contributed by atoms with E-state index in [9.17, 15) is 9.59 Å². The molecule has 0 heterocycles. The Kier molecular flexibility index (Phi) is 7.76. The SMILES string of the molecule is O=C(C[C](C(=O)c1ccc(Br)cc1)C(c1ccccc1)(c1ccccc1)c1ccccc1)c1ccccc1. The first-order valence-corrected chi connectivity index (χ1v) is 13.3. The summed E-state index contributed by atoms with van der Waals surface area (Å²) in [6, 6.07) is 46.6. The molecule has 0 aromatic heterocycles. The predicted molar refractivity (Wildman–Crippen MR) is 156 cm³/mol. The van der Waals surface area contributed by atoms with Crippen LogP contribution >= 0.6 is 15.9 Å². The minimum atomic E-state index is -0.988. The standard InChI is InChI=1S/C35H26BrO2/c36-31-23-21-27(22-24-31)34(38)32(25-33(37)26-13-5-1-6-14-26)35(28-15-7-2-8-16-28,29-17-9-3-10-18-29)30-19-11-4-12-20-30/h1-24H,25H2. The van der Waals surface area contributed by atoms with E-state index in [0.29, 0.717) is 17.0 Å². The van der Waals surface area contributed by atoms with Gasteiger partial charge in [-0.15, -0.1) is 0 Å². The quantitative estimate of drug-likeness (QED) is 0.134. The van der Waals surface area contributed by atoms with Crippen molar-refractivity contribution in [2.45, 2.75) is 11.8 Å². The molecule has 0 atom stereocenters. The monoisotopic (exact) mass is 557 g/mol. The minimum Gasteiger partial charge on any atom is -0.294 e. The van der Waals surface area contributed by atoms with Gasteiger partial charge in [-0.3, -0.25) is 9.59 Å². The fourth-order valence-electron chi connectivity index (χ4n) is 5.13. The molecule has 38 heavy (non-hydrogen) atoms. The van der Waals surface area contributed by atoms with Gasteiger partial charge in [0.1, 0.15) is 0 Å². The fraction of sp³-hybridized carbons (Fsp3) is 0.0571. The fourth-order valence-corrected chi connectivity index (χ4v) is 5.40. The molecule has 0 spiro atoms. The van der Waals surface area contributed by atoms with Crippen LogP contribution < -0.4 is 0 Å². The van der Waals surface area contributed by atoms with Crippen molar-refractivity contribution in [2.24, 2.45) is 0 Å². The maximum atomic E-state index is 14.6. The van der Waals surface area contributed by atoms with Crippen LogP contribution in [0.3, 0.4) is 0 Å². The van der Waals surface area contributed by atoms with E-state index < -0.39 is 5.41 Å². The van der Waals surface area contributed by atoms with Crippen LogP contribution in [-0.4, -0.2) is 11.6 Å². The van der Waals surface area contributed by atoms with Crippen molar-refractivity contribution in [3.8, 4) is 0 Å². The largest absolute Gasteiger partial charge is 0.294 e. The van der Waals surface area contributed by atoms with Crippen molar-refractivity contribution < 1.29 is 9.59 Å². The summed E-state index contributed by atoms with van der Waals surface area (Å²) in [6.45, 7) is 0. The molecule has 0 aliphatic carbocycles. The highest BCUT2D eigenvalue weighted by Gasteiger charge is 2.48. The smallest absolute Gasteiger partial charge is 0.172 e. The lowest BCUT2D eigenvalue weighted by atomic mass is 9.58. The summed E-state index contributed by atoms with van der Waals surface area (Å²) in [6.07, 6.45) is -0.0302. The van der Waals surface area contributed by atoms with Gasteiger partial charge in [-0.25, -0.2) is 0 Å². The van der Waals surface area contributed by atoms with Crippen LogP contribution in [0.5, 0.6) is 0 Å². The number of carbonyl (C=O) groups excluding carboxylic acids is 2. The Morgan fingerprint density at radius 1 is 0.500 bits per heavy atom. The number of ketones is 2. The first-order chi connectivity index (χ1) is 18.6. The van der Waals surface area contributed by atoms with Crippen LogP contribution in [-0.2, 0) is 5.41 Å². The van der Waals surface area contributed by atoms with Gasteiger partial charge in [-0.2, -0.15) is 0 Å². The molecule has 0 amide bonds. The molecule has 185 valence electrons. The Bertz CT molecular complexity index is 1400. The molecule has 0 saturated heterocycles. The van der Waals surface area contributed by atoms with Crippen molar-refractivity contribution in [2.75, 3.05) is 0 Å². The van der Waals surface area contributed by atoms with Gasteiger partial charge in [0.05, 0.1) is 11.3 Å². The Hall–Kier alpha value is -4.08. The molecule has 5 aromatic rings. The maximum absolute atomic E-state index is 14.6. The van der Waals surface area contributed by atoms with Crippen LogP contribution in [0.2, 0.25) is 0 Å². The molecule has 2 nitrogen and oxygen atoms in total. The van der Waals surface area contributed by atoms with Crippen LogP contribution in [0, 0.1) is 5.92 Å². The summed E-state index contributed by atoms with van der Waals surface area (Å²) in [5.41, 5.74) is 2.92. The van der Waals surface area contributed by atoms with Gasteiger partial charge in [0.15, 0.2) is 11.6 Å². The molecule has 0 fully saturated rings. The van der Waals surface area contributed by atoms with Crippen LogP contribution in [0.15, 0.2) is 150 Å². The van der Waals surface area contributed by atoms with Gasteiger partial charge in [-0.05, 0) is 28.8 Å². The lowest BCUT2D eigenvalue weighted by Gasteiger charge is -2.41. The number of carbonyl (C=O) groups is 2. The highest BCUT2D eigenvalue weighted by Crippen LogP contribution is 2.49. The van der Waals surface area contributed by atoms with Gasteiger partial charge < -0.3 is 0 Å². The van der Waals surface area contributed by atoms with E-state index in [1.165, 1.54) is 0 Å². The second-order valence-electron chi connectivity index (χ2n) is 9.13. The normalized spacial score (nSPS) is 11.3. The van der Waals surface area contributed by atoms with E-state index in [4.69, 9.17) is 0 Å². The van der Waals surface area contributed by atoms with Crippen molar-refractivity contribution in [3.05, 3.63) is 184 Å². The van der Waals surface area contributed by atoms with Crippen LogP contribution in [0.4, 0.5) is 0 Å². The highest BCUT2D eigenvalue weighted by molar-refractivity contribution is 9.10. The Balaban J connectivity index is 1.81. The molecule has 0 aliphatic rings. The molecule has 3 heteroatoms. The highest BCUT2D eigenvalue weighted by atomic mass is 79.9. The third kappa shape index (κ3) is 5.03. The summed E-state index contributed by atoms with van der Waals surface area (Å²) in [5, 5.41) is 0. The molecule has 0 unspecified atom stereocenters. The predicted octanol–water partition coefficient (Wildman–Crippen LogP) is 8.51. The van der Waals surface area contributed by atoms with E-state index in [1.807, 2.05) is 133 Å². The number of hydrogen-bond acceptors (Lipinski definition) is 2. The first-order valence-electron chi connectivity index (χ1n) is 12.5. The summed E-state index contributed by atoms with van der Waals surface area (Å²) in [5.74, 6) is 0.258. The lowest BCUT2D eigenvalue weighted by molar-refractivity contribution is 0.0922. The molecule has 0 N–H and O–H groups in total. The zero-order valence-electron chi connectivity index (χ0n) is 20.8.